The third-order valence-corrected chi connectivity index (χ3v) is 7.68. The topological polar surface area (TPSA) is 42.0 Å². The van der Waals surface area contributed by atoms with Gasteiger partial charge >= 0.3 is 0 Å². The lowest BCUT2D eigenvalue weighted by Gasteiger charge is -2.33. The Balaban J connectivity index is 1.26. The molecule has 2 unspecified atom stereocenters. The van der Waals surface area contributed by atoms with Gasteiger partial charge in [-0.1, -0.05) is 30.7 Å². The molecule has 6 heteroatoms. The standard InChI is InChI=1S/C26H31ClN2O3/c1-3-26(30)29-17(2)21(22-14-24-25(15-23(22)29)32-16-31-24)10-13-28-11-8-19(9-12-28)18-4-6-20(27)7-5-18/h4-7,14-15,17,19,21H,3,8-13,16H2,1-2H3. The summed E-state index contributed by atoms with van der Waals surface area (Å²) in [6.07, 6.45) is 3.89. The number of ether oxygens (including phenoxy) is 2. The number of anilines is 1. The molecule has 1 fully saturated rings. The van der Waals surface area contributed by atoms with Crippen LogP contribution in [0.15, 0.2) is 36.4 Å². The third kappa shape index (κ3) is 3.97. The molecule has 2 atom stereocenters. The van der Waals surface area contributed by atoms with E-state index in [0.717, 1.165) is 48.3 Å². The molecule has 3 aliphatic rings. The van der Waals surface area contributed by atoms with Gasteiger partial charge in [0.2, 0.25) is 12.7 Å². The Labute approximate surface area is 195 Å². The second-order valence-corrected chi connectivity index (χ2v) is 9.62. The normalized spacial score (nSPS) is 22.9. The van der Waals surface area contributed by atoms with Crippen LogP contribution in [0.5, 0.6) is 11.5 Å². The van der Waals surface area contributed by atoms with Crippen molar-refractivity contribution in [2.45, 2.75) is 57.4 Å². The number of hydrogen-bond acceptors (Lipinski definition) is 4. The Morgan fingerprint density at radius 2 is 1.78 bits per heavy atom. The predicted molar refractivity (Wildman–Crippen MR) is 127 cm³/mol. The molecule has 2 aromatic rings. The van der Waals surface area contributed by atoms with Crippen LogP contribution in [-0.2, 0) is 4.79 Å². The molecule has 0 saturated carbocycles. The van der Waals surface area contributed by atoms with Crippen LogP contribution in [0.2, 0.25) is 5.02 Å². The van der Waals surface area contributed by atoms with Gasteiger partial charge in [-0.15, -0.1) is 0 Å². The van der Waals surface area contributed by atoms with Gasteiger partial charge in [-0.05, 0) is 81.1 Å². The Morgan fingerprint density at radius 1 is 1.09 bits per heavy atom. The molecule has 32 heavy (non-hydrogen) atoms. The first-order valence-corrected chi connectivity index (χ1v) is 12.2. The van der Waals surface area contributed by atoms with Crippen LogP contribution in [0, 0.1) is 0 Å². The van der Waals surface area contributed by atoms with E-state index >= 15 is 0 Å². The molecule has 0 aromatic heterocycles. The number of benzene rings is 2. The fraction of sp³-hybridized carbons (Fsp3) is 0.500. The average molecular weight is 455 g/mol. The van der Waals surface area contributed by atoms with Crippen LogP contribution in [0.3, 0.4) is 0 Å². The molecule has 1 saturated heterocycles. The molecule has 0 radical (unpaired) electrons. The van der Waals surface area contributed by atoms with Gasteiger partial charge in [-0.25, -0.2) is 0 Å². The number of likely N-dealkylation sites (tertiary alicyclic amines) is 1. The van der Waals surface area contributed by atoms with E-state index in [9.17, 15) is 4.79 Å². The van der Waals surface area contributed by atoms with Crippen molar-refractivity contribution in [2.24, 2.45) is 0 Å². The van der Waals surface area contributed by atoms with Crippen molar-refractivity contribution in [1.29, 1.82) is 0 Å². The van der Waals surface area contributed by atoms with E-state index in [1.54, 1.807) is 0 Å². The zero-order valence-electron chi connectivity index (χ0n) is 18.9. The van der Waals surface area contributed by atoms with Crippen molar-refractivity contribution in [3.05, 3.63) is 52.5 Å². The van der Waals surface area contributed by atoms with Gasteiger partial charge in [0.15, 0.2) is 11.5 Å². The summed E-state index contributed by atoms with van der Waals surface area (Å²) in [6.45, 7) is 7.63. The molecule has 5 rings (SSSR count). The highest BCUT2D eigenvalue weighted by Gasteiger charge is 2.40. The second-order valence-electron chi connectivity index (χ2n) is 9.18. The highest BCUT2D eigenvalue weighted by atomic mass is 35.5. The predicted octanol–water partition coefficient (Wildman–Crippen LogP) is 5.57. The molecule has 3 aliphatic heterocycles. The Bertz CT molecular complexity index is 985. The number of nitrogens with zero attached hydrogens (tertiary/aromatic N) is 2. The first-order valence-electron chi connectivity index (χ1n) is 11.8. The zero-order valence-corrected chi connectivity index (χ0v) is 19.6. The van der Waals surface area contributed by atoms with E-state index in [1.165, 1.54) is 24.0 Å². The maximum absolute atomic E-state index is 12.8. The van der Waals surface area contributed by atoms with Gasteiger partial charge in [0.25, 0.3) is 0 Å². The fourth-order valence-electron chi connectivity index (χ4n) is 5.59. The number of amides is 1. The molecule has 170 valence electrons. The molecular formula is C26H31ClN2O3. The maximum atomic E-state index is 12.8. The number of piperidine rings is 1. The van der Waals surface area contributed by atoms with Crippen molar-refractivity contribution in [2.75, 3.05) is 31.3 Å². The molecule has 3 heterocycles. The summed E-state index contributed by atoms with van der Waals surface area (Å²) in [6, 6.07) is 12.6. The average Bonchev–Trinajstić information content (AvgIpc) is 3.37. The molecular weight excluding hydrogens is 424 g/mol. The van der Waals surface area contributed by atoms with Crippen molar-refractivity contribution >= 4 is 23.2 Å². The monoisotopic (exact) mass is 454 g/mol. The van der Waals surface area contributed by atoms with E-state index in [1.807, 2.05) is 30.0 Å². The molecule has 5 nitrogen and oxygen atoms in total. The summed E-state index contributed by atoms with van der Waals surface area (Å²) in [5, 5.41) is 0.801. The lowest BCUT2D eigenvalue weighted by atomic mass is 9.88. The summed E-state index contributed by atoms with van der Waals surface area (Å²) in [4.78, 5) is 17.3. The van der Waals surface area contributed by atoms with Crippen LogP contribution < -0.4 is 14.4 Å². The minimum Gasteiger partial charge on any atom is -0.454 e. The van der Waals surface area contributed by atoms with E-state index < -0.39 is 0 Å². The first kappa shape index (κ1) is 21.6. The van der Waals surface area contributed by atoms with Crippen molar-refractivity contribution in [1.82, 2.24) is 4.90 Å². The summed E-state index contributed by atoms with van der Waals surface area (Å²) in [5.74, 6) is 2.64. The summed E-state index contributed by atoms with van der Waals surface area (Å²) in [7, 11) is 0. The number of rotatable bonds is 5. The summed E-state index contributed by atoms with van der Waals surface area (Å²) < 4.78 is 11.2. The van der Waals surface area contributed by atoms with E-state index in [4.69, 9.17) is 21.1 Å². The van der Waals surface area contributed by atoms with Crippen molar-refractivity contribution < 1.29 is 14.3 Å². The minimum absolute atomic E-state index is 0.145. The van der Waals surface area contributed by atoms with Crippen LogP contribution in [0.1, 0.15) is 62.5 Å². The molecule has 0 aliphatic carbocycles. The molecule has 0 bridgehead atoms. The minimum atomic E-state index is 0.145. The number of carbonyl (C=O) groups is 1. The third-order valence-electron chi connectivity index (χ3n) is 7.43. The van der Waals surface area contributed by atoms with Gasteiger partial charge in [0, 0.05) is 29.5 Å². The SMILES string of the molecule is CCC(=O)N1c2cc3c(cc2C(CCN2CCC(c4ccc(Cl)cc4)CC2)C1C)OCO3. The highest BCUT2D eigenvalue weighted by molar-refractivity contribution is 6.30. The number of fused-ring (bicyclic) bond motifs is 2. The number of carbonyl (C=O) groups excluding carboxylic acids is 1. The zero-order chi connectivity index (χ0) is 22.2. The molecule has 0 N–H and O–H groups in total. The van der Waals surface area contributed by atoms with Gasteiger partial charge in [-0.2, -0.15) is 0 Å². The number of halogens is 1. The Morgan fingerprint density at radius 3 is 2.47 bits per heavy atom. The second kappa shape index (κ2) is 8.95. The lowest BCUT2D eigenvalue weighted by Crippen LogP contribution is -2.38. The number of hydrogen-bond donors (Lipinski definition) is 0. The Hall–Kier alpha value is -2.24. The smallest absolute Gasteiger partial charge is 0.231 e. The quantitative estimate of drug-likeness (QED) is 0.592. The lowest BCUT2D eigenvalue weighted by molar-refractivity contribution is -0.118. The fourth-order valence-corrected chi connectivity index (χ4v) is 5.71. The van der Waals surface area contributed by atoms with Crippen LogP contribution >= 0.6 is 11.6 Å². The van der Waals surface area contributed by atoms with E-state index in [-0.39, 0.29) is 18.7 Å². The molecule has 2 aromatic carbocycles. The van der Waals surface area contributed by atoms with Crippen LogP contribution in [0.4, 0.5) is 5.69 Å². The largest absolute Gasteiger partial charge is 0.454 e. The van der Waals surface area contributed by atoms with Crippen molar-refractivity contribution in [3.63, 3.8) is 0 Å². The highest BCUT2D eigenvalue weighted by Crippen LogP contribution is 2.49. The van der Waals surface area contributed by atoms with E-state index in [2.05, 4.69) is 30.0 Å². The van der Waals surface area contributed by atoms with Gasteiger partial charge < -0.3 is 19.3 Å². The molecule has 0 spiro atoms. The van der Waals surface area contributed by atoms with Crippen LogP contribution in [-0.4, -0.2) is 43.3 Å². The first-order chi connectivity index (χ1) is 15.5. The maximum Gasteiger partial charge on any atom is 0.231 e. The van der Waals surface area contributed by atoms with Gasteiger partial charge in [0.1, 0.15) is 0 Å². The van der Waals surface area contributed by atoms with Crippen LogP contribution in [0.25, 0.3) is 0 Å². The van der Waals surface area contributed by atoms with E-state index in [0.29, 0.717) is 18.3 Å². The van der Waals surface area contributed by atoms with Gasteiger partial charge in [-0.3, -0.25) is 4.79 Å². The summed E-state index contributed by atoms with van der Waals surface area (Å²) >= 11 is 6.05. The van der Waals surface area contributed by atoms with Gasteiger partial charge in [0.05, 0.1) is 5.69 Å². The molecule has 1 amide bonds. The Kier molecular flexibility index (Phi) is 6.04. The summed E-state index contributed by atoms with van der Waals surface area (Å²) in [5.41, 5.74) is 3.62. The van der Waals surface area contributed by atoms with Crippen molar-refractivity contribution in [3.8, 4) is 11.5 Å².